The minimum absolute atomic E-state index is 0. The number of pyridine rings is 1. The number of nitrogens with one attached hydrogen (secondary N) is 1. The smallest absolute Gasteiger partial charge is 0.130 e. The minimum atomic E-state index is -2.65. The van der Waals surface area contributed by atoms with E-state index in [4.69, 9.17) is 13.8 Å². The Labute approximate surface area is 516 Å². The maximum absolute atomic E-state index is 9.62. The fraction of sp³-hybridized carbons (Fsp3) is 0.221. The SMILES string of the molecule is [2H]c1c([2H])c2c(c([2H])c1-c1cnc(Nc3cccc(-c4ccccc4)c3-c3c[c-]c(Oc4[c-]c(N5[CH-]N(c6c(-c7cccc(C(C)(C)C)c7)cccc6-c6ccccc6C(C)(C)C)c6ccccc65)ccc4)cc3)cc1C([2H])([2H])[2H])C(C)(C)CCC2(C)C.[Pt]. The largest absolute Gasteiger partial charge is 0.509 e. The van der Waals surface area contributed by atoms with Crippen LogP contribution in [-0.2, 0) is 42.7 Å². The van der Waals surface area contributed by atoms with Crippen molar-refractivity contribution in [1.29, 1.82) is 0 Å². The van der Waals surface area contributed by atoms with Gasteiger partial charge in [0.05, 0.1) is 4.11 Å². The predicted molar refractivity (Wildman–Crippen MR) is 344 cm³/mol. The Balaban J connectivity index is 0.00000817. The fourth-order valence-corrected chi connectivity index (χ4v) is 11.8. The minimum Gasteiger partial charge on any atom is -0.509 e. The number of benzene rings is 9. The van der Waals surface area contributed by atoms with Crippen LogP contribution in [0, 0.1) is 25.7 Å². The summed E-state index contributed by atoms with van der Waals surface area (Å²) in [4.78, 5) is 9.31. The first-order chi connectivity index (χ1) is 41.8. The van der Waals surface area contributed by atoms with Gasteiger partial charge in [0.2, 0.25) is 0 Å². The van der Waals surface area contributed by atoms with Crippen LogP contribution < -0.4 is 19.9 Å². The summed E-state index contributed by atoms with van der Waals surface area (Å²) in [5, 5.41) is 3.48. The van der Waals surface area contributed by atoms with Crippen molar-refractivity contribution in [1.82, 2.24) is 4.98 Å². The van der Waals surface area contributed by atoms with E-state index >= 15 is 0 Å². The Bertz CT molecular complexity index is 4320. The summed E-state index contributed by atoms with van der Waals surface area (Å²) in [6, 6.07) is 69.1. The van der Waals surface area contributed by atoms with Crippen LogP contribution in [0.4, 0.5) is 34.3 Å². The Hall–Kier alpha value is -7.98. The summed E-state index contributed by atoms with van der Waals surface area (Å²) < 4.78 is 61.3. The number of ether oxygens (including phenoxy) is 1. The zero-order chi connectivity index (χ0) is 62.2. The molecule has 2 heterocycles. The van der Waals surface area contributed by atoms with Crippen LogP contribution in [0.25, 0.3) is 55.6 Å². The third kappa shape index (κ3) is 11.2. The quantitative estimate of drug-likeness (QED) is 0.131. The van der Waals surface area contributed by atoms with E-state index in [0.29, 0.717) is 28.3 Å². The summed E-state index contributed by atoms with van der Waals surface area (Å²) in [5.74, 6) is 1.26. The van der Waals surface area contributed by atoms with Crippen molar-refractivity contribution in [2.24, 2.45) is 0 Å². The maximum atomic E-state index is 9.62. The molecule has 0 radical (unpaired) electrons. The average molecular weight is 1270 g/mol. The van der Waals surface area contributed by atoms with Gasteiger partial charge >= 0.3 is 0 Å². The van der Waals surface area contributed by atoms with Crippen LogP contribution in [0.5, 0.6) is 11.5 Å². The summed E-state index contributed by atoms with van der Waals surface area (Å²) in [5.41, 5.74) is 15.8. The molecular weight excluding hydrogens is 1190 g/mol. The second kappa shape index (κ2) is 22.3. The third-order valence-corrected chi connectivity index (χ3v) is 16.4. The summed E-state index contributed by atoms with van der Waals surface area (Å²) in [6.45, 7) is 21.4. The van der Waals surface area contributed by atoms with Crippen LogP contribution in [0.15, 0.2) is 206 Å². The molecular formula is C77H73N4OPt-3. The Kier molecular flexibility index (Phi) is 13.3. The van der Waals surface area contributed by atoms with Crippen molar-refractivity contribution in [3.63, 3.8) is 0 Å². The van der Waals surface area contributed by atoms with Crippen molar-refractivity contribution < 1.29 is 34.0 Å². The van der Waals surface area contributed by atoms with Gasteiger partial charge in [-0.25, -0.2) is 4.98 Å². The molecule has 1 aliphatic heterocycles. The summed E-state index contributed by atoms with van der Waals surface area (Å²) in [7, 11) is 0. The molecule has 2 aliphatic rings. The average Bonchev–Trinajstić information content (AvgIpc) is 1.18. The van der Waals surface area contributed by atoms with Gasteiger partial charge in [-0.15, -0.1) is 48.3 Å². The monoisotopic (exact) mass is 1270 g/mol. The topological polar surface area (TPSA) is 40.6 Å². The van der Waals surface area contributed by atoms with Gasteiger partial charge in [0.15, 0.2) is 0 Å². The molecule has 420 valence electrons. The molecule has 0 atom stereocenters. The molecule has 0 fully saturated rings. The number of nitrogens with zero attached hydrogens (tertiary/aromatic N) is 3. The molecule has 1 aliphatic carbocycles. The van der Waals surface area contributed by atoms with E-state index in [1.54, 1.807) is 0 Å². The molecule has 1 aromatic heterocycles. The van der Waals surface area contributed by atoms with Gasteiger partial charge in [-0.3, -0.25) is 0 Å². The molecule has 6 heteroatoms. The van der Waals surface area contributed by atoms with Gasteiger partial charge in [0.25, 0.3) is 0 Å². The van der Waals surface area contributed by atoms with Crippen molar-refractivity contribution in [3.05, 3.63) is 253 Å². The third-order valence-electron chi connectivity index (χ3n) is 16.4. The van der Waals surface area contributed by atoms with E-state index < -0.39 is 17.7 Å². The molecule has 0 bridgehead atoms. The van der Waals surface area contributed by atoms with Gasteiger partial charge in [-0.1, -0.05) is 209 Å². The van der Waals surface area contributed by atoms with Crippen molar-refractivity contribution in [2.75, 3.05) is 15.1 Å². The molecule has 12 rings (SSSR count). The first-order valence-corrected chi connectivity index (χ1v) is 28.5. The molecule has 0 amide bonds. The van der Waals surface area contributed by atoms with Gasteiger partial charge < -0.3 is 19.9 Å². The van der Waals surface area contributed by atoms with E-state index in [1.165, 1.54) is 29.0 Å². The molecule has 0 spiro atoms. The Morgan fingerprint density at radius 3 is 2.00 bits per heavy atom. The van der Waals surface area contributed by atoms with E-state index in [-0.39, 0.29) is 72.5 Å². The number of aromatic nitrogens is 1. The zero-order valence-corrected chi connectivity index (χ0v) is 51.2. The number of anilines is 6. The van der Waals surface area contributed by atoms with Crippen molar-refractivity contribution >= 4 is 34.3 Å². The Morgan fingerprint density at radius 2 is 1.25 bits per heavy atom. The van der Waals surface area contributed by atoms with Crippen LogP contribution in [0.2, 0.25) is 0 Å². The second-order valence-electron chi connectivity index (χ2n) is 25.2. The number of fused-ring (bicyclic) bond motifs is 2. The zero-order valence-electron chi connectivity index (χ0n) is 55.0. The van der Waals surface area contributed by atoms with Gasteiger partial charge in [-0.2, -0.15) is 18.2 Å². The van der Waals surface area contributed by atoms with Gasteiger partial charge in [-0.05, 0) is 127 Å². The maximum Gasteiger partial charge on any atom is 0.130 e. The molecule has 5 nitrogen and oxygen atoms in total. The molecule has 9 aromatic carbocycles. The summed E-state index contributed by atoms with van der Waals surface area (Å²) >= 11 is 0. The second-order valence-corrected chi connectivity index (χ2v) is 25.2. The fourth-order valence-electron chi connectivity index (χ4n) is 11.8. The van der Waals surface area contributed by atoms with Crippen LogP contribution in [0.3, 0.4) is 0 Å². The van der Waals surface area contributed by atoms with E-state index in [9.17, 15) is 4.11 Å². The molecule has 0 unspecified atom stereocenters. The number of para-hydroxylation sites is 3. The Morgan fingerprint density at radius 1 is 0.590 bits per heavy atom. The van der Waals surface area contributed by atoms with Crippen LogP contribution in [-0.4, -0.2) is 4.98 Å². The number of aryl methyl sites for hydroxylation is 1. The van der Waals surface area contributed by atoms with Gasteiger partial charge in [0.1, 0.15) is 5.82 Å². The standard InChI is InChI=1S/C77H73N4O.Pt/c1-51-45-71(78-49-64(51)55-39-42-66-67(47-55)77(10,11)44-43-76(66,8)9)79-68-34-22-30-60(52-23-13-12-14-24-52)72(68)53-37-40-58(41-38-53)82-59-28-20-27-57(48-59)80-50-81(70-36-18-17-35-69(70)80)73-61(54-25-19-26-56(46-54)74(2,3)4)31-21-32-63(73)62-29-15-16-33-65(62)75(5,6)7;/h12-40,42,45-47,49-50H,43-44H2,1-11H3,(H,78,79);/q-3;/i1D3,39D,42D,47D;. The first kappa shape index (κ1) is 49.6. The summed E-state index contributed by atoms with van der Waals surface area (Å²) in [6.07, 6.45) is 3.05. The van der Waals surface area contributed by atoms with Crippen molar-refractivity contribution in [2.45, 2.75) is 111 Å². The molecule has 83 heavy (non-hydrogen) atoms. The van der Waals surface area contributed by atoms with E-state index in [2.05, 4.69) is 212 Å². The van der Waals surface area contributed by atoms with Crippen LogP contribution >= 0.6 is 0 Å². The first-order valence-electron chi connectivity index (χ1n) is 31.5. The number of hydrogen-bond donors (Lipinski definition) is 1. The predicted octanol–water partition coefficient (Wildman–Crippen LogP) is 21.2. The van der Waals surface area contributed by atoms with Crippen LogP contribution in [0.1, 0.15) is 118 Å². The molecule has 1 N–H and O–H groups in total. The van der Waals surface area contributed by atoms with E-state index in [0.717, 1.165) is 74.5 Å². The molecule has 0 saturated heterocycles. The normalized spacial score (nSPS) is 15.5. The molecule has 10 aromatic rings. The van der Waals surface area contributed by atoms with Gasteiger partial charge in [0, 0.05) is 82.3 Å². The number of rotatable bonds is 11. The van der Waals surface area contributed by atoms with E-state index in [1.807, 2.05) is 66.7 Å². The number of hydrogen-bond acceptors (Lipinski definition) is 5. The molecule has 0 saturated carbocycles. The van der Waals surface area contributed by atoms with Crippen molar-refractivity contribution in [3.8, 4) is 67.1 Å².